The summed E-state index contributed by atoms with van der Waals surface area (Å²) in [5, 5.41) is 0. The molecule has 0 bridgehead atoms. The monoisotopic (exact) mass is 148 g/mol. The first-order chi connectivity index (χ1) is 5.42. The molecule has 0 atom stereocenters. The number of fused-ring (bicyclic) bond motifs is 1. The number of imidazole rings is 1. The van der Waals surface area contributed by atoms with Crippen molar-refractivity contribution in [3.05, 3.63) is 30.6 Å². The van der Waals surface area contributed by atoms with Crippen molar-refractivity contribution in [2.75, 3.05) is 5.43 Å². The molecule has 4 nitrogen and oxygen atoms in total. The van der Waals surface area contributed by atoms with Crippen molar-refractivity contribution in [2.45, 2.75) is 0 Å². The van der Waals surface area contributed by atoms with Crippen molar-refractivity contribution in [2.24, 2.45) is 5.84 Å². The van der Waals surface area contributed by atoms with Crippen molar-refractivity contribution < 1.29 is 0 Å². The van der Waals surface area contributed by atoms with Gasteiger partial charge in [-0.1, -0.05) is 6.07 Å². The number of nitrogens with one attached hydrogen (secondary N) is 1. The van der Waals surface area contributed by atoms with Crippen LogP contribution in [0.3, 0.4) is 0 Å². The van der Waals surface area contributed by atoms with Gasteiger partial charge in [-0.3, -0.25) is 9.83 Å². The molecule has 0 unspecified atom stereocenters. The standard InChI is InChI=1S/C7H8N4/c8-10-7-9-5-6-3-1-2-4-11(6)7/h1-5H,8H2,(H,9,10). The van der Waals surface area contributed by atoms with Gasteiger partial charge >= 0.3 is 0 Å². The van der Waals surface area contributed by atoms with Crippen LogP contribution in [0.1, 0.15) is 0 Å². The van der Waals surface area contributed by atoms with Gasteiger partial charge in [0.15, 0.2) is 0 Å². The first-order valence-corrected chi connectivity index (χ1v) is 3.30. The van der Waals surface area contributed by atoms with Gasteiger partial charge in [0.2, 0.25) is 5.95 Å². The number of hydrazine groups is 1. The summed E-state index contributed by atoms with van der Waals surface area (Å²) < 4.78 is 1.88. The van der Waals surface area contributed by atoms with Crippen LogP contribution >= 0.6 is 0 Å². The molecule has 2 rings (SSSR count). The van der Waals surface area contributed by atoms with Crippen LogP contribution in [0.5, 0.6) is 0 Å². The maximum absolute atomic E-state index is 5.23. The molecule has 4 heteroatoms. The van der Waals surface area contributed by atoms with Crippen LogP contribution in [-0.2, 0) is 0 Å². The number of hydrogen-bond donors (Lipinski definition) is 2. The van der Waals surface area contributed by atoms with Gasteiger partial charge in [-0.25, -0.2) is 10.8 Å². The molecule has 2 aromatic rings. The average Bonchev–Trinajstić information content (AvgIpc) is 2.47. The Hall–Kier alpha value is -1.55. The molecule has 0 aliphatic carbocycles. The van der Waals surface area contributed by atoms with Gasteiger partial charge in [-0.15, -0.1) is 0 Å². The Morgan fingerprint density at radius 2 is 2.36 bits per heavy atom. The highest BCUT2D eigenvalue weighted by atomic mass is 15.3. The second-order valence-electron chi connectivity index (χ2n) is 2.22. The van der Waals surface area contributed by atoms with Gasteiger partial charge in [-0.05, 0) is 12.1 Å². The Labute approximate surface area is 63.6 Å². The molecule has 0 aliphatic heterocycles. The summed E-state index contributed by atoms with van der Waals surface area (Å²) in [5.74, 6) is 5.88. The van der Waals surface area contributed by atoms with Crippen molar-refractivity contribution >= 4 is 11.5 Å². The van der Waals surface area contributed by atoms with Crippen LogP contribution in [0.4, 0.5) is 5.95 Å². The zero-order valence-electron chi connectivity index (χ0n) is 5.86. The first kappa shape index (κ1) is 6.18. The van der Waals surface area contributed by atoms with E-state index in [0.717, 1.165) is 5.52 Å². The zero-order chi connectivity index (χ0) is 7.68. The van der Waals surface area contributed by atoms with Crippen molar-refractivity contribution in [1.29, 1.82) is 0 Å². The lowest BCUT2D eigenvalue weighted by Crippen LogP contribution is -2.09. The summed E-state index contributed by atoms with van der Waals surface area (Å²) in [6, 6.07) is 5.85. The van der Waals surface area contributed by atoms with Gasteiger partial charge in [0.05, 0.1) is 11.7 Å². The van der Waals surface area contributed by atoms with E-state index in [1.54, 1.807) is 6.20 Å². The number of nitrogens with two attached hydrogens (primary N) is 1. The molecule has 0 aromatic carbocycles. The third kappa shape index (κ3) is 0.841. The quantitative estimate of drug-likeness (QED) is 0.460. The van der Waals surface area contributed by atoms with E-state index < -0.39 is 0 Å². The fourth-order valence-corrected chi connectivity index (χ4v) is 1.05. The Bertz CT molecular complexity index is 365. The van der Waals surface area contributed by atoms with E-state index in [2.05, 4.69) is 10.4 Å². The molecule has 0 amide bonds. The smallest absolute Gasteiger partial charge is 0.221 e. The number of nitrogens with zero attached hydrogens (tertiary/aromatic N) is 2. The van der Waals surface area contributed by atoms with Crippen LogP contribution in [-0.4, -0.2) is 9.38 Å². The molecular weight excluding hydrogens is 140 g/mol. The summed E-state index contributed by atoms with van der Waals surface area (Å²) >= 11 is 0. The van der Waals surface area contributed by atoms with E-state index in [1.807, 2.05) is 28.8 Å². The van der Waals surface area contributed by atoms with E-state index in [1.165, 1.54) is 0 Å². The van der Waals surface area contributed by atoms with Crippen molar-refractivity contribution in [3.8, 4) is 0 Å². The number of pyridine rings is 1. The second kappa shape index (κ2) is 2.25. The van der Waals surface area contributed by atoms with E-state index in [9.17, 15) is 0 Å². The number of anilines is 1. The summed E-state index contributed by atoms with van der Waals surface area (Å²) in [4.78, 5) is 4.04. The van der Waals surface area contributed by atoms with E-state index in [4.69, 9.17) is 5.84 Å². The lowest BCUT2D eigenvalue weighted by Gasteiger charge is -1.96. The van der Waals surface area contributed by atoms with Crippen LogP contribution in [0.2, 0.25) is 0 Å². The second-order valence-corrected chi connectivity index (χ2v) is 2.22. The zero-order valence-corrected chi connectivity index (χ0v) is 5.86. The van der Waals surface area contributed by atoms with Gasteiger partial charge in [-0.2, -0.15) is 0 Å². The summed E-state index contributed by atoms with van der Waals surface area (Å²) in [6.07, 6.45) is 3.66. The Balaban J connectivity index is 2.76. The van der Waals surface area contributed by atoms with Crippen LogP contribution in [0.15, 0.2) is 30.6 Å². The number of rotatable bonds is 1. The van der Waals surface area contributed by atoms with Crippen molar-refractivity contribution in [3.63, 3.8) is 0 Å². The van der Waals surface area contributed by atoms with Crippen LogP contribution in [0.25, 0.3) is 5.52 Å². The highest BCUT2D eigenvalue weighted by Gasteiger charge is 1.97. The topological polar surface area (TPSA) is 55.3 Å². The maximum Gasteiger partial charge on any atom is 0.221 e. The Morgan fingerprint density at radius 3 is 3.18 bits per heavy atom. The van der Waals surface area contributed by atoms with Gasteiger partial charge < -0.3 is 0 Å². The molecule has 11 heavy (non-hydrogen) atoms. The minimum atomic E-state index is 0.653. The van der Waals surface area contributed by atoms with Gasteiger partial charge in [0.25, 0.3) is 0 Å². The average molecular weight is 148 g/mol. The predicted molar refractivity (Wildman–Crippen MR) is 43.0 cm³/mol. The fraction of sp³-hybridized carbons (Fsp3) is 0. The highest BCUT2D eigenvalue weighted by Crippen LogP contribution is 2.08. The highest BCUT2D eigenvalue weighted by molar-refractivity contribution is 5.51. The molecule has 0 aliphatic rings. The largest absolute Gasteiger partial charge is 0.293 e. The third-order valence-corrected chi connectivity index (χ3v) is 1.57. The number of hydrogen-bond acceptors (Lipinski definition) is 3. The molecule has 0 fully saturated rings. The lowest BCUT2D eigenvalue weighted by molar-refractivity contribution is 1.11. The normalized spacial score (nSPS) is 10.3. The Morgan fingerprint density at radius 1 is 1.45 bits per heavy atom. The van der Waals surface area contributed by atoms with Crippen LogP contribution in [0, 0.1) is 0 Å². The molecule has 2 aromatic heterocycles. The van der Waals surface area contributed by atoms with Crippen molar-refractivity contribution in [1.82, 2.24) is 9.38 Å². The van der Waals surface area contributed by atoms with Crippen LogP contribution < -0.4 is 11.3 Å². The minimum absolute atomic E-state index is 0.653. The maximum atomic E-state index is 5.23. The molecule has 0 spiro atoms. The summed E-state index contributed by atoms with van der Waals surface area (Å²) in [5.41, 5.74) is 3.53. The predicted octanol–water partition coefficient (Wildman–Crippen LogP) is 0.620. The third-order valence-electron chi connectivity index (χ3n) is 1.57. The molecule has 56 valence electrons. The number of aromatic nitrogens is 2. The molecule has 2 heterocycles. The van der Waals surface area contributed by atoms with Gasteiger partial charge in [0, 0.05) is 6.20 Å². The Kier molecular flexibility index (Phi) is 1.26. The number of nitrogen functional groups attached to an aromatic ring is 1. The summed E-state index contributed by atoms with van der Waals surface area (Å²) in [7, 11) is 0. The minimum Gasteiger partial charge on any atom is -0.293 e. The SMILES string of the molecule is NNc1ncc2ccccn12. The first-order valence-electron chi connectivity index (χ1n) is 3.30. The fourth-order valence-electron chi connectivity index (χ4n) is 1.05. The van der Waals surface area contributed by atoms with Gasteiger partial charge in [0.1, 0.15) is 0 Å². The molecule has 0 radical (unpaired) electrons. The molecule has 0 saturated heterocycles. The molecule has 3 N–H and O–H groups in total. The lowest BCUT2D eigenvalue weighted by atomic mass is 10.4. The molecule has 0 saturated carbocycles. The molecular formula is C7H8N4. The summed E-state index contributed by atoms with van der Waals surface area (Å²) in [6.45, 7) is 0. The van der Waals surface area contributed by atoms with E-state index >= 15 is 0 Å². The van der Waals surface area contributed by atoms with E-state index in [0.29, 0.717) is 5.95 Å². The van der Waals surface area contributed by atoms with E-state index in [-0.39, 0.29) is 0 Å².